The fourth-order valence-electron chi connectivity index (χ4n) is 3.85. The van der Waals surface area contributed by atoms with Crippen LogP contribution in [0.5, 0.6) is 5.75 Å². The predicted octanol–water partition coefficient (Wildman–Crippen LogP) is 2.80. The van der Waals surface area contributed by atoms with Gasteiger partial charge in [-0.1, -0.05) is 6.07 Å². The number of rotatable bonds is 8. The predicted molar refractivity (Wildman–Crippen MR) is 96.2 cm³/mol. The summed E-state index contributed by atoms with van der Waals surface area (Å²) in [4.78, 5) is 10.6. The minimum absolute atomic E-state index is 0.0142. The second-order valence-electron chi connectivity index (χ2n) is 7.18. The molecule has 2 N–H and O–H groups in total. The molecule has 1 unspecified atom stereocenters. The number of piperidine rings is 1. The topological polar surface area (TPSA) is 67.8 Å². The normalized spacial score (nSPS) is 20.9. The van der Waals surface area contributed by atoms with E-state index in [2.05, 4.69) is 17.4 Å². The minimum Gasteiger partial charge on any atom is -0.494 e. The van der Waals surface area contributed by atoms with Crippen LogP contribution in [0.3, 0.4) is 0 Å². The molecule has 2 aliphatic rings. The maximum Gasteiger partial charge on any atom is 0.329 e. The number of fused-ring (bicyclic) bond motifs is 1. The molecule has 5 heteroatoms. The number of aliphatic carboxylic acids is 1. The van der Waals surface area contributed by atoms with E-state index in [4.69, 9.17) is 14.6 Å². The fraction of sp³-hybridized carbons (Fsp3) is 0.650. The summed E-state index contributed by atoms with van der Waals surface area (Å²) in [5.41, 5.74) is 2.56. The first kappa shape index (κ1) is 18.2. The maximum absolute atomic E-state index is 10.6. The lowest BCUT2D eigenvalue weighted by Crippen LogP contribution is -2.27. The molecule has 0 radical (unpaired) electrons. The van der Waals surface area contributed by atoms with E-state index >= 15 is 0 Å². The molecule has 0 bridgehead atoms. The standard InChI is InChI=1S/C20H29NO4/c22-20(23)14-25-19-6-4-16-12-18(5-3-17(16)13-19)24-11-1-2-15-7-9-21-10-8-15/h3,5,12,15,19,21H,1-2,4,6-11,13-14H2,(H,22,23). The van der Waals surface area contributed by atoms with Crippen LogP contribution in [0.4, 0.5) is 0 Å². The highest BCUT2D eigenvalue weighted by Crippen LogP contribution is 2.27. The van der Waals surface area contributed by atoms with Crippen LogP contribution in [-0.2, 0) is 22.4 Å². The van der Waals surface area contributed by atoms with Crippen molar-refractivity contribution in [3.8, 4) is 5.75 Å². The van der Waals surface area contributed by atoms with Crippen molar-refractivity contribution in [3.05, 3.63) is 29.3 Å². The summed E-state index contributed by atoms with van der Waals surface area (Å²) >= 11 is 0. The van der Waals surface area contributed by atoms with Crippen LogP contribution >= 0.6 is 0 Å². The van der Waals surface area contributed by atoms with Crippen molar-refractivity contribution < 1.29 is 19.4 Å². The molecule has 1 aromatic carbocycles. The molecule has 5 nitrogen and oxygen atoms in total. The van der Waals surface area contributed by atoms with E-state index in [9.17, 15) is 4.79 Å². The van der Waals surface area contributed by atoms with E-state index in [1.807, 2.05) is 6.07 Å². The monoisotopic (exact) mass is 347 g/mol. The van der Waals surface area contributed by atoms with Gasteiger partial charge in [-0.15, -0.1) is 0 Å². The van der Waals surface area contributed by atoms with E-state index < -0.39 is 5.97 Å². The highest BCUT2D eigenvalue weighted by atomic mass is 16.5. The number of hydrogen-bond acceptors (Lipinski definition) is 4. The molecule has 0 spiro atoms. The van der Waals surface area contributed by atoms with Gasteiger partial charge in [0.25, 0.3) is 0 Å². The number of aryl methyl sites for hydroxylation is 1. The average molecular weight is 347 g/mol. The number of benzene rings is 1. The van der Waals surface area contributed by atoms with Crippen LogP contribution in [0.25, 0.3) is 0 Å². The zero-order valence-electron chi connectivity index (χ0n) is 14.8. The molecular formula is C20H29NO4. The van der Waals surface area contributed by atoms with Crippen molar-refractivity contribution in [3.63, 3.8) is 0 Å². The largest absolute Gasteiger partial charge is 0.494 e. The second kappa shape index (κ2) is 9.20. The molecule has 1 aliphatic heterocycles. The summed E-state index contributed by atoms with van der Waals surface area (Å²) in [7, 11) is 0. The summed E-state index contributed by atoms with van der Waals surface area (Å²) in [6.45, 7) is 2.90. The Hall–Kier alpha value is -1.59. The van der Waals surface area contributed by atoms with Gasteiger partial charge >= 0.3 is 5.97 Å². The first-order valence-corrected chi connectivity index (χ1v) is 9.49. The third-order valence-corrected chi connectivity index (χ3v) is 5.29. The Labute approximate surface area is 149 Å². The van der Waals surface area contributed by atoms with E-state index in [0.717, 1.165) is 57.0 Å². The lowest BCUT2D eigenvalue weighted by Gasteiger charge is -2.25. The van der Waals surface area contributed by atoms with Gasteiger partial charge in [-0.25, -0.2) is 4.79 Å². The summed E-state index contributed by atoms with van der Waals surface area (Å²) in [5.74, 6) is 0.907. The summed E-state index contributed by atoms with van der Waals surface area (Å²) in [6.07, 6.45) is 7.57. The Kier molecular flexibility index (Phi) is 6.70. The zero-order valence-corrected chi connectivity index (χ0v) is 14.8. The Balaban J connectivity index is 1.41. The van der Waals surface area contributed by atoms with Gasteiger partial charge in [0.05, 0.1) is 12.7 Å². The molecule has 25 heavy (non-hydrogen) atoms. The summed E-state index contributed by atoms with van der Waals surface area (Å²) in [6, 6.07) is 6.28. The van der Waals surface area contributed by atoms with Crippen LogP contribution in [0, 0.1) is 5.92 Å². The van der Waals surface area contributed by atoms with Gasteiger partial charge in [-0.05, 0) is 87.2 Å². The average Bonchev–Trinajstić information content (AvgIpc) is 2.64. The minimum atomic E-state index is -0.904. The van der Waals surface area contributed by atoms with Gasteiger partial charge in [0.15, 0.2) is 0 Å². The molecule has 1 heterocycles. The third-order valence-electron chi connectivity index (χ3n) is 5.29. The van der Waals surface area contributed by atoms with Gasteiger partial charge in [-0.3, -0.25) is 0 Å². The smallest absolute Gasteiger partial charge is 0.329 e. The van der Waals surface area contributed by atoms with Gasteiger partial charge in [-0.2, -0.15) is 0 Å². The Bertz CT molecular complexity index is 569. The lowest BCUT2D eigenvalue weighted by atomic mass is 9.89. The van der Waals surface area contributed by atoms with E-state index in [1.54, 1.807) is 0 Å². The van der Waals surface area contributed by atoms with Crippen LogP contribution in [0.2, 0.25) is 0 Å². The third kappa shape index (κ3) is 5.72. The summed E-state index contributed by atoms with van der Waals surface area (Å²) < 4.78 is 11.4. The quantitative estimate of drug-likeness (QED) is 0.708. The van der Waals surface area contributed by atoms with Crippen molar-refractivity contribution in [2.75, 3.05) is 26.3 Å². The van der Waals surface area contributed by atoms with Crippen LogP contribution in [0.15, 0.2) is 18.2 Å². The molecule has 138 valence electrons. The van der Waals surface area contributed by atoms with Crippen LogP contribution < -0.4 is 10.1 Å². The van der Waals surface area contributed by atoms with E-state index in [1.165, 1.54) is 30.4 Å². The van der Waals surface area contributed by atoms with Crippen molar-refractivity contribution in [2.45, 2.75) is 51.0 Å². The Morgan fingerprint density at radius 3 is 2.84 bits per heavy atom. The molecule has 0 aromatic heterocycles. The second-order valence-corrected chi connectivity index (χ2v) is 7.18. The Morgan fingerprint density at radius 1 is 1.20 bits per heavy atom. The molecule has 3 rings (SSSR count). The van der Waals surface area contributed by atoms with E-state index in [-0.39, 0.29) is 12.7 Å². The first-order chi connectivity index (χ1) is 12.2. The number of carboxylic acid groups (broad SMARTS) is 1. The number of carboxylic acids is 1. The van der Waals surface area contributed by atoms with E-state index in [0.29, 0.717) is 0 Å². The fourth-order valence-corrected chi connectivity index (χ4v) is 3.85. The van der Waals surface area contributed by atoms with Gasteiger partial charge in [0.2, 0.25) is 0 Å². The molecule has 1 saturated heterocycles. The van der Waals surface area contributed by atoms with Crippen molar-refractivity contribution >= 4 is 5.97 Å². The molecule has 0 saturated carbocycles. The highest BCUT2D eigenvalue weighted by molar-refractivity contribution is 5.68. The van der Waals surface area contributed by atoms with Crippen molar-refractivity contribution in [1.82, 2.24) is 5.32 Å². The number of ether oxygens (including phenoxy) is 2. The zero-order chi connectivity index (χ0) is 17.5. The first-order valence-electron chi connectivity index (χ1n) is 9.49. The van der Waals surface area contributed by atoms with Crippen molar-refractivity contribution in [2.24, 2.45) is 5.92 Å². The van der Waals surface area contributed by atoms with Gasteiger partial charge in [0, 0.05) is 0 Å². The maximum atomic E-state index is 10.6. The molecule has 0 amide bonds. The molecule has 1 aliphatic carbocycles. The molecular weight excluding hydrogens is 318 g/mol. The summed E-state index contributed by atoms with van der Waals surface area (Å²) in [5, 5.41) is 12.1. The van der Waals surface area contributed by atoms with Gasteiger partial charge < -0.3 is 19.9 Å². The van der Waals surface area contributed by atoms with Gasteiger partial charge in [0.1, 0.15) is 12.4 Å². The lowest BCUT2D eigenvalue weighted by molar-refractivity contribution is -0.144. The number of carbonyl (C=O) groups is 1. The molecule has 1 aromatic rings. The van der Waals surface area contributed by atoms with Crippen LogP contribution in [-0.4, -0.2) is 43.5 Å². The van der Waals surface area contributed by atoms with Crippen LogP contribution in [0.1, 0.15) is 43.2 Å². The Morgan fingerprint density at radius 2 is 2.04 bits per heavy atom. The number of nitrogens with one attached hydrogen (secondary N) is 1. The van der Waals surface area contributed by atoms with Crippen molar-refractivity contribution in [1.29, 1.82) is 0 Å². The number of hydrogen-bond donors (Lipinski definition) is 2. The SMILES string of the molecule is O=C(O)COC1CCc2cc(OCCCC3CCNCC3)ccc2C1. The molecule has 1 fully saturated rings. The highest BCUT2D eigenvalue weighted by Gasteiger charge is 2.20. The molecule has 1 atom stereocenters.